The smallest absolute Gasteiger partial charge is 0.241 e. The van der Waals surface area contributed by atoms with Crippen LogP contribution in [0.3, 0.4) is 0 Å². The molecule has 1 aliphatic rings. The summed E-state index contributed by atoms with van der Waals surface area (Å²) in [6.07, 6.45) is -0.207. The number of nitrogens with one attached hydrogen (secondary N) is 1. The maximum Gasteiger partial charge on any atom is 0.241 e. The zero-order valence-corrected chi connectivity index (χ0v) is 17.8. The molecule has 0 aliphatic carbocycles. The number of rotatable bonds is 6. The summed E-state index contributed by atoms with van der Waals surface area (Å²) in [5.41, 5.74) is 2.94. The Kier molecular flexibility index (Phi) is 6.46. The Balaban J connectivity index is 1.37. The number of morpholine rings is 1. The van der Waals surface area contributed by atoms with E-state index in [1.54, 1.807) is 29.2 Å². The standard InChI is InChI=1S/C24H24N2O4S/c27-24(26-15-16-30-23(18-26)21-9-5-2-6-10-21)17-25-31(28,29)22-13-11-20(12-14-22)19-7-3-1-4-8-19/h1-14,23,25H,15-18H2. The average molecular weight is 437 g/mol. The van der Waals surface area contributed by atoms with E-state index in [0.29, 0.717) is 19.7 Å². The van der Waals surface area contributed by atoms with Crippen molar-refractivity contribution in [1.29, 1.82) is 0 Å². The van der Waals surface area contributed by atoms with Crippen LogP contribution in [0.4, 0.5) is 0 Å². The van der Waals surface area contributed by atoms with Crippen LogP contribution in [0.2, 0.25) is 0 Å². The molecule has 1 fully saturated rings. The Morgan fingerprint density at radius 1 is 0.903 bits per heavy atom. The van der Waals surface area contributed by atoms with Gasteiger partial charge in [-0.25, -0.2) is 13.1 Å². The molecule has 0 spiro atoms. The Morgan fingerprint density at radius 2 is 1.52 bits per heavy atom. The molecule has 0 radical (unpaired) electrons. The van der Waals surface area contributed by atoms with E-state index in [9.17, 15) is 13.2 Å². The second kappa shape index (κ2) is 9.43. The summed E-state index contributed by atoms with van der Waals surface area (Å²) < 4.78 is 33.5. The van der Waals surface area contributed by atoms with Crippen molar-refractivity contribution in [3.05, 3.63) is 90.5 Å². The highest BCUT2D eigenvalue weighted by atomic mass is 32.2. The van der Waals surface area contributed by atoms with E-state index in [2.05, 4.69) is 4.72 Å². The minimum Gasteiger partial charge on any atom is -0.370 e. The van der Waals surface area contributed by atoms with E-state index >= 15 is 0 Å². The van der Waals surface area contributed by atoms with Gasteiger partial charge in [-0.15, -0.1) is 0 Å². The summed E-state index contributed by atoms with van der Waals surface area (Å²) in [6.45, 7) is 0.968. The number of nitrogens with zero attached hydrogens (tertiary/aromatic N) is 1. The van der Waals surface area contributed by atoms with Crippen LogP contribution in [0.1, 0.15) is 11.7 Å². The average Bonchev–Trinajstić information content (AvgIpc) is 2.84. The fourth-order valence-corrected chi connectivity index (χ4v) is 4.53. The lowest BCUT2D eigenvalue weighted by molar-refractivity contribution is -0.137. The Morgan fingerprint density at radius 3 is 2.19 bits per heavy atom. The van der Waals surface area contributed by atoms with E-state index in [-0.39, 0.29) is 23.5 Å². The van der Waals surface area contributed by atoms with Gasteiger partial charge in [0.05, 0.1) is 24.6 Å². The normalized spacial score (nSPS) is 16.8. The first-order valence-corrected chi connectivity index (χ1v) is 11.6. The van der Waals surface area contributed by atoms with Crippen LogP contribution < -0.4 is 4.72 Å². The van der Waals surface area contributed by atoms with Gasteiger partial charge >= 0.3 is 0 Å². The second-order valence-corrected chi connectivity index (χ2v) is 9.09. The fraction of sp³-hybridized carbons (Fsp3) is 0.208. The number of benzene rings is 3. The van der Waals surface area contributed by atoms with Gasteiger partial charge in [-0.05, 0) is 28.8 Å². The van der Waals surface area contributed by atoms with Gasteiger partial charge in [0.25, 0.3) is 0 Å². The van der Waals surface area contributed by atoms with Gasteiger partial charge in [0, 0.05) is 6.54 Å². The quantitative estimate of drug-likeness (QED) is 0.644. The maximum atomic E-state index is 12.6. The predicted octanol–water partition coefficient (Wildman–Crippen LogP) is 3.23. The van der Waals surface area contributed by atoms with Crippen molar-refractivity contribution >= 4 is 15.9 Å². The van der Waals surface area contributed by atoms with Gasteiger partial charge in [-0.2, -0.15) is 0 Å². The van der Waals surface area contributed by atoms with Crippen LogP contribution in [0.25, 0.3) is 11.1 Å². The largest absolute Gasteiger partial charge is 0.370 e. The lowest BCUT2D eigenvalue weighted by atomic mass is 10.1. The van der Waals surface area contributed by atoms with E-state index in [1.807, 2.05) is 60.7 Å². The zero-order chi connectivity index (χ0) is 21.7. The Labute approximate surface area is 182 Å². The van der Waals surface area contributed by atoms with Crippen molar-refractivity contribution in [3.63, 3.8) is 0 Å². The molecule has 1 unspecified atom stereocenters. The number of carbonyl (C=O) groups excluding carboxylic acids is 1. The number of hydrogen-bond donors (Lipinski definition) is 1. The van der Waals surface area contributed by atoms with Gasteiger partial charge < -0.3 is 9.64 Å². The van der Waals surface area contributed by atoms with Gasteiger partial charge in [-0.3, -0.25) is 4.79 Å². The van der Waals surface area contributed by atoms with Crippen LogP contribution in [0.15, 0.2) is 89.8 Å². The van der Waals surface area contributed by atoms with E-state index in [0.717, 1.165) is 16.7 Å². The lowest BCUT2D eigenvalue weighted by Gasteiger charge is -2.33. The highest BCUT2D eigenvalue weighted by Crippen LogP contribution is 2.23. The summed E-state index contributed by atoms with van der Waals surface area (Å²) >= 11 is 0. The van der Waals surface area contributed by atoms with Crippen molar-refractivity contribution in [1.82, 2.24) is 9.62 Å². The van der Waals surface area contributed by atoms with E-state index in [4.69, 9.17) is 4.74 Å². The number of sulfonamides is 1. The minimum absolute atomic E-state index is 0.129. The third-order valence-electron chi connectivity index (χ3n) is 5.28. The van der Waals surface area contributed by atoms with Crippen LogP contribution >= 0.6 is 0 Å². The number of amides is 1. The van der Waals surface area contributed by atoms with Crippen molar-refractivity contribution in [2.24, 2.45) is 0 Å². The fourth-order valence-electron chi connectivity index (χ4n) is 3.55. The molecule has 0 saturated carbocycles. The Bertz CT molecular complexity index is 1120. The van der Waals surface area contributed by atoms with Crippen molar-refractivity contribution in [3.8, 4) is 11.1 Å². The number of ether oxygens (including phenoxy) is 1. The van der Waals surface area contributed by atoms with Gasteiger partial charge in [-0.1, -0.05) is 72.8 Å². The molecule has 1 amide bonds. The molecule has 31 heavy (non-hydrogen) atoms. The molecule has 6 nitrogen and oxygen atoms in total. The molecule has 3 aromatic rings. The first-order valence-electron chi connectivity index (χ1n) is 10.1. The first kappa shape index (κ1) is 21.2. The molecule has 1 N–H and O–H groups in total. The second-order valence-electron chi connectivity index (χ2n) is 7.32. The molecule has 7 heteroatoms. The third-order valence-corrected chi connectivity index (χ3v) is 6.69. The first-order chi connectivity index (χ1) is 15.0. The van der Waals surface area contributed by atoms with Crippen molar-refractivity contribution in [2.75, 3.05) is 26.2 Å². The molecule has 1 saturated heterocycles. The molecule has 1 atom stereocenters. The van der Waals surface area contributed by atoms with Crippen LogP contribution in [0.5, 0.6) is 0 Å². The zero-order valence-electron chi connectivity index (χ0n) is 17.0. The van der Waals surface area contributed by atoms with Crippen molar-refractivity contribution in [2.45, 2.75) is 11.0 Å². The monoisotopic (exact) mass is 436 g/mol. The highest BCUT2D eigenvalue weighted by molar-refractivity contribution is 7.89. The highest BCUT2D eigenvalue weighted by Gasteiger charge is 2.26. The molecule has 1 aliphatic heterocycles. The summed E-state index contributed by atoms with van der Waals surface area (Å²) in [5.74, 6) is -0.270. The Hall–Kier alpha value is -3.00. The summed E-state index contributed by atoms with van der Waals surface area (Å²) in [6, 6.07) is 26.0. The molecule has 4 rings (SSSR count). The molecule has 160 valence electrons. The number of hydrogen-bond acceptors (Lipinski definition) is 4. The summed E-state index contributed by atoms with van der Waals surface area (Å²) in [4.78, 5) is 14.4. The van der Waals surface area contributed by atoms with Crippen LogP contribution in [-0.4, -0.2) is 45.5 Å². The predicted molar refractivity (Wildman–Crippen MR) is 119 cm³/mol. The number of carbonyl (C=O) groups is 1. The molecule has 1 heterocycles. The van der Waals surface area contributed by atoms with Crippen LogP contribution in [-0.2, 0) is 19.6 Å². The summed E-state index contributed by atoms with van der Waals surface area (Å²) in [5, 5.41) is 0. The van der Waals surface area contributed by atoms with Crippen LogP contribution in [0, 0.1) is 0 Å². The maximum absolute atomic E-state index is 12.6. The van der Waals surface area contributed by atoms with Gasteiger partial charge in [0.2, 0.25) is 15.9 Å². The molecule has 3 aromatic carbocycles. The van der Waals surface area contributed by atoms with E-state index < -0.39 is 10.0 Å². The SMILES string of the molecule is O=C(CNS(=O)(=O)c1ccc(-c2ccccc2)cc1)N1CCOC(c2ccccc2)C1. The van der Waals surface area contributed by atoms with Gasteiger partial charge in [0.15, 0.2) is 0 Å². The topological polar surface area (TPSA) is 75.7 Å². The van der Waals surface area contributed by atoms with Crippen molar-refractivity contribution < 1.29 is 17.9 Å². The molecular formula is C24H24N2O4S. The minimum atomic E-state index is -3.79. The summed E-state index contributed by atoms with van der Waals surface area (Å²) in [7, 11) is -3.79. The molecule has 0 bridgehead atoms. The lowest BCUT2D eigenvalue weighted by Crippen LogP contribution is -2.46. The third kappa shape index (κ3) is 5.19. The molecule has 0 aromatic heterocycles. The molecular weight excluding hydrogens is 412 g/mol. The van der Waals surface area contributed by atoms with Gasteiger partial charge in [0.1, 0.15) is 6.10 Å². The van der Waals surface area contributed by atoms with E-state index in [1.165, 1.54) is 0 Å².